The molecule has 28 heavy (non-hydrogen) atoms. The number of benzene rings is 1. The van der Waals surface area contributed by atoms with Crippen molar-refractivity contribution in [3.63, 3.8) is 0 Å². The minimum atomic E-state index is -0.415. The molecule has 9 heteroatoms. The molecule has 1 atom stereocenters. The van der Waals surface area contributed by atoms with Crippen LogP contribution in [0.3, 0.4) is 0 Å². The summed E-state index contributed by atoms with van der Waals surface area (Å²) < 4.78 is 2.15. The van der Waals surface area contributed by atoms with Crippen LogP contribution in [0, 0.1) is 0 Å². The van der Waals surface area contributed by atoms with E-state index < -0.39 is 5.25 Å². The lowest BCUT2D eigenvalue weighted by molar-refractivity contribution is -0.126. The molecular weight excluding hydrogens is 376 g/mol. The predicted molar refractivity (Wildman–Crippen MR) is 106 cm³/mol. The van der Waals surface area contributed by atoms with Crippen LogP contribution >= 0.6 is 11.8 Å². The second-order valence-corrected chi connectivity index (χ2v) is 8.45. The number of urea groups is 1. The van der Waals surface area contributed by atoms with Crippen LogP contribution in [0.2, 0.25) is 0 Å². The number of hydrogen-bond donors (Lipinski definition) is 2. The van der Waals surface area contributed by atoms with Gasteiger partial charge in [0.05, 0.1) is 5.25 Å². The molecule has 1 aliphatic carbocycles. The molecular formula is C19H20N6O2S. The molecule has 1 aliphatic heterocycles. The normalized spacial score (nSPS) is 17.9. The molecule has 0 radical (unpaired) electrons. The molecule has 2 aliphatic rings. The Kier molecular flexibility index (Phi) is 4.12. The van der Waals surface area contributed by atoms with Crippen LogP contribution in [0.1, 0.15) is 25.8 Å². The van der Waals surface area contributed by atoms with Gasteiger partial charge in [-0.2, -0.15) is 0 Å². The van der Waals surface area contributed by atoms with E-state index in [1.807, 2.05) is 31.3 Å². The Morgan fingerprint density at radius 2 is 2.11 bits per heavy atom. The minimum absolute atomic E-state index is 0.195. The van der Waals surface area contributed by atoms with Crippen LogP contribution in [0.5, 0.6) is 0 Å². The lowest BCUT2D eigenvalue weighted by Gasteiger charge is -2.17. The number of amides is 3. The third kappa shape index (κ3) is 2.86. The molecule has 3 amide bonds. The lowest BCUT2D eigenvalue weighted by atomic mass is 10.1. The van der Waals surface area contributed by atoms with E-state index in [4.69, 9.17) is 0 Å². The standard InChI is InChI=1S/C19H20N6O2S/c1-11(17(26)24-9-8-20-18(24)27)28-19-23-22-16(25(19)12-6-7-12)14-10-21-15-5-3-2-4-13(14)15/h2-5,10-12,21H,6-9H2,1H3,(H,20,27)/t11-/m0/s1. The number of fused-ring (bicyclic) bond motifs is 1. The average Bonchev–Trinajstić information content (AvgIpc) is 3.11. The molecule has 3 heterocycles. The number of nitrogens with one attached hydrogen (secondary N) is 2. The molecule has 2 fully saturated rings. The highest BCUT2D eigenvalue weighted by Gasteiger charge is 2.34. The molecule has 1 saturated carbocycles. The summed E-state index contributed by atoms with van der Waals surface area (Å²) in [5.74, 6) is 0.625. The lowest BCUT2D eigenvalue weighted by Crippen LogP contribution is -2.39. The van der Waals surface area contributed by atoms with Gasteiger partial charge in [-0.25, -0.2) is 4.79 Å². The van der Waals surface area contributed by atoms with Gasteiger partial charge in [0.2, 0.25) is 5.91 Å². The summed E-state index contributed by atoms with van der Waals surface area (Å²) in [5.41, 5.74) is 2.07. The molecule has 5 rings (SSSR count). The van der Waals surface area contributed by atoms with Gasteiger partial charge >= 0.3 is 6.03 Å². The number of hydrogen-bond acceptors (Lipinski definition) is 5. The summed E-state index contributed by atoms with van der Waals surface area (Å²) in [6.45, 7) is 2.74. The number of H-pyrrole nitrogens is 1. The molecule has 2 N–H and O–H groups in total. The third-order valence-corrected chi connectivity index (χ3v) is 6.20. The highest BCUT2D eigenvalue weighted by molar-refractivity contribution is 8.00. The predicted octanol–water partition coefficient (Wildman–Crippen LogP) is 2.79. The van der Waals surface area contributed by atoms with Gasteiger partial charge in [-0.05, 0) is 25.8 Å². The zero-order valence-electron chi connectivity index (χ0n) is 15.4. The molecule has 1 aromatic carbocycles. The maximum Gasteiger partial charge on any atom is 0.324 e. The van der Waals surface area contributed by atoms with Crippen molar-refractivity contribution in [2.75, 3.05) is 13.1 Å². The minimum Gasteiger partial charge on any atom is -0.360 e. The van der Waals surface area contributed by atoms with Crippen molar-refractivity contribution in [3.05, 3.63) is 30.5 Å². The van der Waals surface area contributed by atoms with Crippen LogP contribution in [0.4, 0.5) is 4.79 Å². The Hall–Kier alpha value is -2.81. The number of imide groups is 1. The van der Waals surface area contributed by atoms with Gasteiger partial charge in [0.25, 0.3) is 0 Å². The number of aromatic nitrogens is 4. The van der Waals surface area contributed by atoms with E-state index in [0.717, 1.165) is 40.3 Å². The van der Waals surface area contributed by atoms with Crippen LogP contribution in [0.15, 0.2) is 35.6 Å². The van der Waals surface area contributed by atoms with Gasteiger partial charge < -0.3 is 10.3 Å². The van der Waals surface area contributed by atoms with Crippen molar-refractivity contribution >= 4 is 34.6 Å². The van der Waals surface area contributed by atoms with Crippen molar-refractivity contribution in [3.8, 4) is 11.4 Å². The number of carbonyl (C=O) groups excluding carboxylic acids is 2. The van der Waals surface area contributed by atoms with Gasteiger partial charge in [0.15, 0.2) is 11.0 Å². The monoisotopic (exact) mass is 396 g/mol. The first-order chi connectivity index (χ1) is 13.6. The first-order valence-electron chi connectivity index (χ1n) is 9.40. The quantitative estimate of drug-likeness (QED) is 0.647. The fraction of sp³-hybridized carbons (Fsp3) is 0.368. The van der Waals surface area contributed by atoms with Crippen molar-refractivity contribution in [2.45, 2.75) is 36.2 Å². The summed E-state index contributed by atoms with van der Waals surface area (Å²) in [6, 6.07) is 8.15. The Morgan fingerprint density at radius 3 is 2.86 bits per heavy atom. The molecule has 144 valence electrons. The Balaban J connectivity index is 1.46. The molecule has 0 spiro atoms. The van der Waals surface area contributed by atoms with Gasteiger partial charge in [-0.15, -0.1) is 10.2 Å². The van der Waals surface area contributed by atoms with Crippen molar-refractivity contribution in [2.24, 2.45) is 0 Å². The number of aromatic amines is 1. The highest BCUT2D eigenvalue weighted by Crippen LogP contribution is 2.42. The second-order valence-electron chi connectivity index (χ2n) is 7.14. The van der Waals surface area contributed by atoms with Gasteiger partial charge in [-0.3, -0.25) is 14.3 Å². The van der Waals surface area contributed by atoms with Gasteiger partial charge in [0.1, 0.15) is 0 Å². The molecule has 1 saturated heterocycles. The molecule has 2 aromatic heterocycles. The Bertz CT molecular complexity index is 1070. The van der Waals surface area contributed by atoms with Crippen LogP contribution in [-0.2, 0) is 4.79 Å². The van der Waals surface area contributed by atoms with E-state index in [-0.39, 0.29) is 11.9 Å². The number of thioether (sulfide) groups is 1. The van der Waals surface area contributed by atoms with E-state index in [0.29, 0.717) is 19.1 Å². The first kappa shape index (κ1) is 17.3. The third-order valence-electron chi connectivity index (χ3n) is 5.16. The Labute approximate surface area is 165 Å². The summed E-state index contributed by atoms with van der Waals surface area (Å²) in [7, 11) is 0. The zero-order chi connectivity index (χ0) is 19.3. The Morgan fingerprint density at radius 1 is 1.29 bits per heavy atom. The van der Waals surface area contributed by atoms with Gasteiger partial charge in [0, 0.05) is 41.8 Å². The van der Waals surface area contributed by atoms with E-state index in [9.17, 15) is 9.59 Å². The van der Waals surface area contributed by atoms with Crippen molar-refractivity contribution in [1.29, 1.82) is 0 Å². The molecule has 0 bridgehead atoms. The number of nitrogens with zero attached hydrogens (tertiary/aromatic N) is 4. The van der Waals surface area contributed by atoms with Crippen molar-refractivity contribution in [1.82, 2.24) is 30.0 Å². The smallest absolute Gasteiger partial charge is 0.324 e. The first-order valence-corrected chi connectivity index (χ1v) is 10.3. The average molecular weight is 396 g/mol. The zero-order valence-corrected chi connectivity index (χ0v) is 16.2. The summed E-state index contributed by atoms with van der Waals surface area (Å²) in [4.78, 5) is 29.0. The van der Waals surface area contributed by atoms with E-state index in [1.165, 1.54) is 16.7 Å². The highest BCUT2D eigenvalue weighted by atomic mass is 32.2. The maximum absolute atomic E-state index is 12.6. The molecule has 3 aromatic rings. The molecule has 8 nitrogen and oxygen atoms in total. The SMILES string of the molecule is C[C@H](Sc1nnc(-c2c[nH]c3ccccc23)n1C1CC1)C(=O)N1CCNC1=O. The van der Waals surface area contributed by atoms with Gasteiger partial charge in [-0.1, -0.05) is 30.0 Å². The van der Waals surface area contributed by atoms with Crippen LogP contribution in [0.25, 0.3) is 22.3 Å². The number of para-hydroxylation sites is 1. The van der Waals surface area contributed by atoms with E-state index in [2.05, 4.69) is 31.1 Å². The fourth-order valence-electron chi connectivity index (χ4n) is 3.57. The largest absolute Gasteiger partial charge is 0.360 e. The van der Waals surface area contributed by atoms with Crippen LogP contribution in [-0.4, -0.2) is 54.9 Å². The summed E-state index contributed by atoms with van der Waals surface area (Å²) in [5, 5.41) is 12.9. The molecule has 0 unspecified atom stereocenters. The fourth-order valence-corrected chi connectivity index (χ4v) is 4.55. The number of carbonyl (C=O) groups is 2. The summed E-state index contributed by atoms with van der Waals surface area (Å²) in [6.07, 6.45) is 4.13. The second kappa shape index (κ2) is 6.66. The van der Waals surface area contributed by atoms with Crippen LogP contribution < -0.4 is 5.32 Å². The topological polar surface area (TPSA) is 95.9 Å². The van der Waals surface area contributed by atoms with E-state index >= 15 is 0 Å². The summed E-state index contributed by atoms with van der Waals surface area (Å²) >= 11 is 1.37. The maximum atomic E-state index is 12.6. The number of rotatable bonds is 5. The van der Waals surface area contributed by atoms with E-state index in [1.54, 1.807) is 0 Å². The van der Waals surface area contributed by atoms with Crippen molar-refractivity contribution < 1.29 is 9.59 Å².